The van der Waals surface area contributed by atoms with Crippen LogP contribution in [0.2, 0.25) is 0 Å². The predicted molar refractivity (Wildman–Crippen MR) is 88.4 cm³/mol. The maximum atomic E-state index is 12.1. The van der Waals surface area contributed by atoms with Gasteiger partial charge in [0.2, 0.25) is 5.13 Å². The van der Waals surface area contributed by atoms with E-state index in [1.54, 1.807) is 6.92 Å². The van der Waals surface area contributed by atoms with Crippen molar-refractivity contribution in [2.75, 3.05) is 5.32 Å². The molecule has 0 aliphatic heterocycles. The van der Waals surface area contributed by atoms with Crippen molar-refractivity contribution >= 4 is 22.4 Å². The minimum atomic E-state index is -0.595. The highest BCUT2D eigenvalue weighted by Gasteiger charge is 2.18. The van der Waals surface area contributed by atoms with Crippen LogP contribution in [0.25, 0.3) is 0 Å². The number of benzene rings is 1. The molecule has 2 aromatic rings. The lowest BCUT2D eigenvalue weighted by Gasteiger charge is -2.13. The van der Waals surface area contributed by atoms with Crippen LogP contribution in [-0.2, 0) is 4.79 Å². The van der Waals surface area contributed by atoms with Crippen LogP contribution in [0.3, 0.4) is 0 Å². The molecule has 0 bridgehead atoms. The molecule has 1 aromatic heterocycles. The standard InChI is InChI=1S/C16H21N3O2S/c1-4-8-11(2)15-18-19-16(22-15)17-14(20)12(3)21-13-9-6-5-7-10-13/h5-7,9-12H,4,8H2,1-3H3,(H,17,19,20)/t11-,12+/m0/s1. The number of para-hydroxylation sites is 1. The van der Waals surface area contributed by atoms with Crippen LogP contribution < -0.4 is 10.1 Å². The third kappa shape index (κ3) is 4.53. The first-order valence-electron chi connectivity index (χ1n) is 7.46. The molecule has 1 heterocycles. The molecule has 0 saturated heterocycles. The van der Waals surface area contributed by atoms with Gasteiger partial charge in [-0.3, -0.25) is 10.1 Å². The average molecular weight is 319 g/mol. The number of anilines is 1. The van der Waals surface area contributed by atoms with E-state index in [-0.39, 0.29) is 5.91 Å². The SMILES string of the molecule is CCC[C@H](C)c1nnc(NC(=O)[C@@H](C)Oc2ccccc2)s1. The minimum absolute atomic E-state index is 0.227. The van der Waals surface area contributed by atoms with Gasteiger partial charge in [0.05, 0.1) is 0 Å². The molecule has 0 spiro atoms. The molecule has 0 unspecified atom stereocenters. The Morgan fingerprint density at radius 1 is 1.27 bits per heavy atom. The first-order chi connectivity index (χ1) is 10.6. The Balaban J connectivity index is 1.91. The number of carbonyl (C=O) groups excluding carboxylic acids is 1. The van der Waals surface area contributed by atoms with Gasteiger partial charge in [-0.15, -0.1) is 10.2 Å². The van der Waals surface area contributed by atoms with Gasteiger partial charge in [0, 0.05) is 5.92 Å². The Morgan fingerprint density at radius 2 is 2.00 bits per heavy atom. The topological polar surface area (TPSA) is 64.1 Å². The maximum absolute atomic E-state index is 12.1. The van der Waals surface area contributed by atoms with E-state index in [4.69, 9.17) is 4.74 Å². The van der Waals surface area contributed by atoms with Crippen LogP contribution in [0.15, 0.2) is 30.3 Å². The summed E-state index contributed by atoms with van der Waals surface area (Å²) in [6, 6.07) is 9.27. The summed E-state index contributed by atoms with van der Waals surface area (Å²) < 4.78 is 5.59. The van der Waals surface area contributed by atoms with Crippen LogP contribution in [-0.4, -0.2) is 22.2 Å². The second kappa shape index (κ2) is 7.89. The molecule has 1 aromatic carbocycles. The number of hydrogen-bond acceptors (Lipinski definition) is 5. The number of hydrogen-bond donors (Lipinski definition) is 1. The van der Waals surface area contributed by atoms with Crippen LogP contribution in [0.1, 0.15) is 44.5 Å². The second-order valence-corrected chi connectivity index (χ2v) is 6.21. The smallest absolute Gasteiger partial charge is 0.266 e. The highest BCUT2D eigenvalue weighted by Crippen LogP contribution is 2.26. The largest absolute Gasteiger partial charge is 0.481 e. The summed E-state index contributed by atoms with van der Waals surface area (Å²) in [4.78, 5) is 12.1. The molecule has 0 aliphatic carbocycles. The molecule has 2 rings (SSSR count). The van der Waals surface area contributed by atoms with Gasteiger partial charge in [-0.05, 0) is 25.5 Å². The first kappa shape index (κ1) is 16.4. The van der Waals surface area contributed by atoms with E-state index in [0.717, 1.165) is 17.8 Å². The zero-order chi connectivity index (χ0) is 15.9. The van der Waals surface area contributed by atoms with Gasteiger partial charge in [-0.1, -0.05) is 49.8 Å². The summed E-state index contributed by atoms with van der Waals surface area (Å²) in [7, 11) is 0. The van der Waals surface area contributed by atoms with Gasteiger partial charge in [0.1, 0.15) is 10.8 Å². The van der Waals surface area contributed by atoms with Crippen LogP contribution >= 0.6 is 11.3 Å². The Hall–Kier alpha value is -1.95. The Bertz CT molecular complexity index is 600. The molecule has 2 atom stereocenters. The molecule has 1 amide bonds. The summed E-state index contributed by atoms with van der Waals surface area (Å²) in [6.45, 7) is 5.98. The Labute approximate surface area is 134 Å². The van der Waals surface area contributed by atoms with Gasteiger partial charge in [-0.25, -0.2) is 0 Å². The number of carbonyl (C=O) groups is 1. The molecular weight excluding hydrogens is 298 g/mol. The summed E-state index contributed by atoms with van der Waals surface area (Å²) >= 11 is 1.42. The average Bonchev–Trinajstić information content (AvgIpc) is 2.97. The van der Waals surface area contributed by atoms with E-state index in [9.17, 15) is 4.79 Å². The molecule has 1 N–H and O–H groups in total. The summed E-state index contributed by atoms with van der Waals surface area (Å²) in [5, 5.41) is 12.4. The van der Waals surface area contributed by atoms with Crippen molar-refractivity contribution < 1.29 is 9.53 Å². The van der Waals surface area contributed by atoms with Gasteiger partial charge in [0.25, 0.3) is 5.91 Å². The Kier molecular flexibility index (Phi) is 5.89. The number of nitrogens with zero attached hydrogens (tertiary/aromatic N) is 2. The summed E-state index contributed by atoms with van der Waals surface area (Å²) in [5.74, 6) is 0.806. The van der Waals surface area contributed by atoms with E-state index >= 15 is 0 Å². The van der Waals surface area contributed by atoms with Crippen molar-refractivity contribution in [2.45, 2.75) is 45.6 Å². The van der Waals surface area contributed by atoms with Crippen molar-refractivity contribution in [3.8, 4) is 5.75 Å². The highest BCUT2D eigenvalue weighted by molar-refractivity contribution is 7.15. The maximum Gasteiger partial charge on any atom is 0.266 e. The fraction of sp³-hybridized carbons (Fsp3) is 0.438. The van der Waals surface area contributed by atoms with E-state index in [0.29, 0.717) is 16.8 Å². The monoisotopic (exact) mass is 319 g/mol. The molecule has 0 fully saturated rings. The first-order valence-corrected chi connectivity index (χ1v) is 8.27. The number of amides is 1. The number of rotatable bonds is 7. The molecule has 5 nitrogen and oxygen atoms in total. The van der Waals surface area contributed by atoms with Crippen LogP contribution in [0.4, 0.5) is 5.13 Å². The molecule has 0 saturated carbocycles. The van der Waals surface area contributed by atoms with Crippen molar-refractivity contribution in [3.63, 3.8) is 0 Å². The quantitative estimate of drug-likeness (QED) is 0.842. The predicted octanol–water partition coefficient (Wildman–Crippen LogP) is 3.85. The highest BCUT2D eigenvalue weighted by atomic mass is 32.1. The minimum Gasteiger partial charge on any atom is -0.481 e. The molecular formula is C16H21N3O2S. The van der Waals surface area contributed by atoms with Crippen molar-refractivity contribution in [2.24, 2.45) is 0 Å². The fourth-order valence-electron chi connectivity index (χ4n) is 2.00. The molecule has 0 radical (unpaired) electrons. The molecule has 118 valence electrons. The van der Waals surface area contributed by atoms with E-state index < -0.39 is 6.10 Å². The van der Waals surface area contributed by atoms with E-state index in [2.05, 4.69) is 29.4 Å². The van der Waals surface area contributed by atoms with Gasteiger partial charge in [-0.2, -0.15) is 0 Å². The zero-order valence-electron chi connectivity index (χ0n) is 13.1. The lowest BCUT2D eigenvalue weighted by Crippen LogP contribution is -2.30. The zero-order valence-corrected chi connectivity index (χ0v) is 13.9. The summed E-state index contributed by atoms with van der Waals surface area (Å²) in [6.07, 6.45) is 1.57. The Morgan fingerprint density at radius 3 is 2.68 bits per heavy atom. The molecule has 6 heteroatoms. The van der Waals surface area contributed by atoms with Gasteiger partial charge >= 0.3 is 0 Å². The number of aromatic nitrogens is 2. The second-order valence-electron chi connectivity index (χ2n) is 5.20. The van der Waals surface area contributed by atoms with Crippen molar-refractivity contribution in [1.82, 2.24) is 10.2 Å². The van der Waals surface area contributed by atoms with Crippen LogP contribution in [0, 0.1) is 0 Å². The third-order valence-electron chi connectivity index (χ3n) is 3.24. The van der Waals surface area contributed by atoms with Gasteiger partial charge in [0.15, 0.2) is 6.10 Å². The number of nitrogens with one attached hydrogen (secondary N) is 1. The molecule has 0 aliphatic rings. The van der Waals surface area contributed by atoms with Crippen molar-refractivity contribution in [1.29, 1.82) is 0 Å². The van der Waals surface area contributed by atoms with Gasteiger partial charge < -0.3 is 4.74 Å². The van der Waals surface area contributed by atoms with Crippen LogP contribution in [0.5, 0.6) is 5.75 Å². The fourth-order valence-corrected chi connectivity index (χ4v) is 2.84. The lowest BCUT2D eigenvalue weighted by atomic mass is 10.1. The third-order valence-corrected chi connectivity index (χ3v) is 4.31. The number of ether oxygens (including phenoxy) is 1. The van der Waals surface area contributed by atoms with E-state index in [1.807, 2.05) is 30.3 Å². The summed E-state index contributed by atoms with van der Waals surface area (Å²) in [5.41, 5.74) is 0. The van der Waals surface area contributed by atoms with Crippen molar-refractivity contribution in [3.05, 3.63) is 35.3 Å². The molecule has 22 heavy (non-hydrogen) atoms. The lowest BCUT2D eigenvalue weighted by molar-refractivity contribution is -0.122. The van der Waals surface area contributed by atoms with E-state index in [1.165, 1.54) is 11.3 Å². The normalized spacial score (nSPS) is 13.4.